The molecule has 33 heavy (non-hydrogen) atoms. The number of nitrogens with zero attached hydrogens (tertiary/aromatic N) is 2. The van der Waals surface area contributed by atoms with E-state index in [0.29, 0.717) is 4.57 Å². The number of hydrogen-bond donors (Lipinski definition) is 7. The van der Waals surface area contributed by atoms with Crippen LogP contribution >= 0.6 is 23.5 Å². The van der Waals surface area contributed by atoms with Crippen LogP contribution in [-0.4, -0.2) is 64.3 Å². The quantitative estimate of drug-likeness (QED) is 0.158. The Morgan fingerprint density at radius 3 is 2.30 bits per heavy atom. The summed E-state index contributed by atoms with van der Waals surface area (Å²) in [5.74, 6) is 0. The lowest BCUT2D eigenvalue weighted by atomic mass is 10.1. The molecule has 1 aromatic rings. The number of rotatable bonds is 10. The highest BCUT2D eigenvalue weighted by Gasteiger charge is 2.46. The van der Waals surface area contributed by atoms with Gasteiger partial charge in [0, 0.05) is 18.2 Å². The van der Waals surface area contributed by atoms with Crippen LogP contribution in [0.3, 0.4) is 0 Å². The van der Waals surface area contributed by atoms with E-state index in [4.69, 9.17) is 24.7 Å². The highest BCUT2D eigenvalue weighted by Crippen LogP contribution is 2.66. The number of aromatic amines is 1. The van der Waals surface area contributed by atoms with Gasteiger partial charge in [0.2, 0.25) is 0 Å². The summed E-state index contributed by atoms with van der Waals surface area (Å²) >= 11 is 0. The first-order valence-electron chi connectivity index (χ1n) is 8.56. The lowest BCUT2D eigenvalue weighted by Gasteiger charge is -2.19. The Labute approximate surface area is 183 Å². The second-order valence-electron chi connectivity index (χ2n) is 6.41. The number of aliphatic hydroxyl groups is 2. The Hall–Kier alpha value is -1.54. The van der Waals surface area contributed by atoms with Crippen molar-refractivity contribution in [3.05, 3.63) is 32.6 Å². The number of aliphatic hydroxyl groups excluding tert-OH is 2. The molecule has 21 heteroatoms. The average molecular weight is 537 g/mol. The molecule has 0 amide bonds. The fourth-order valence-corrected chi connectivity index (χ4v) is 5.68. The largest absolute Gasteiger partial charge is 0.490 e. The monoisotopic (exact) mass is 537 g/mol. The van der Waals surface area contributed by atoms with E-state index in [0.717, 1.165) is 6.20 Å². The Kier molecular flexibility index (Phi) is 8.72. The number of phosphoric acid groups is 3. The molecule has 1 fully saturated rings. The maximum absolute atomic E-state index is 12.1. The Bertz CT molecular complexity index is 1170. The molecule has 1 saturated heterocycles. The zero-order valence-corrected chi connectivity index (χ0v) is 18.8. The molecule has 186 valence electrons. The van der Waals surface area contributed by atoms with Crippen molar-refractivity contribution in [2.45, 2.75) is 37.4 Å². The first-order valence-corrected chi connectivity index (χ1v) is 13.1. The topological polar surface area (TPSA) is 288 Å². The second kappa shape index (κ2) is 10.4. The molecule has 0 aromatic carbocycles. The third-order valence-corrected chi connectivity index (χ3v) is 7.78. The van der Waals surface area contributed by atoms with Crippen LogP contribution in [0.25, 0.3) is 0 Å². The minimum absolute atomic E-state index is 0.0156. The normalized spacial score (nSPS) is 26.9. The van der Waals surface area contributed by atoms with Gasteiger partial charge in [-0.25, -0.2) is 18.5 Å². The molecule has 1 aliphatic rings. The standard InChI is InChI=1S/C12H18N3O15P3/c13-3-1-2-6-4-15(12(19)14-10(6)18)11-9(17)8(16)7(28-11)5-27-32(23,24)30-33(25,26)29-31(20,21)22/h4,7-9,11,16-17H,1-2,5H2,(H,23,24)(H,25,26)(H,14,18,19)(H2,20,21,22)/t7-,8-,9-,11-/m1/s1. The molecular weight excluding hydrogens is 519 g/mol. The number of nitriles is 1. The lowest BCUT2D eigenvalue weighted by molar-refractivity contribution is -0.0543. The molecule has 0 radical (unpaired) electrons. The molecule has 2 heterocycles. The van der Waals surface area contributed by atoms with Gasteiger partial charge < -0.3 is 34.5 Å². The van der Waals surface area contributed by atoms with E-state index in [1.165, 1.54) is 0 Å². The van der Waals surface area contributed by atoms with Crippen molar-refractivity contribution in [2.75, 3.05) is 6.61 Å². The molecular formula is C12H18N3O15P3. The van der Waals surface area contributed by atoms with Crippen molar-refractivity contribution in [3.8, 4) is 6.07 Å². The molecule has 7 N–H and O–H groups in total. The fourth-order valence-electron chi connectivity index (χ4n) is 2.65. The predicted molar refractivity (Wildman–Crippen MR) is 101 cm³/mol. The first-order chi connectivity index (χ1) is 15.1. The lowest BCUT2D eigenvalue weighted by Crippen LogP contribution is -2.39. The second-order valence-corrected chi connectivity index (χ2v) is 10.8. The van der Waals surface area contributed by atoms with Crippen molar-refractivity contribution < 1.29 is 61.4 Å². The third-order valence-electron chi connectivity index (χ3n) is 3.98. The number of nitrogens with one attached hydrogen (secondary N) is 1. The number of hydrogen-bond acceptors (Lipinski definition) is 12. The van der Waals surface area contributed by atoms with Crippen molar-refractivity contribution >= 4 is 23.5 Å². The number of aryl methyl sites for hydroxylation is 1. The summed E-state index contributed by atoms with van der Waals surface area (Å²) in [6.45, 7) is -1.09. The van der Waals surface area contributed by atoms with Gasteiger partial charge in [0.1, 0.15) is 18.3 Å². The van der Waals surface area contributed by atoms with Crippen molar-refractivity contribution in [2.24, 2.45) is 0 Å². The third kappa shape index (κ3) is 7.74. The minimum Gasteiger partial charge on any atom is -0.387 e. The summed E-state index contributed by atoms with van der Waals surface area (Å²) in [6.07, 6.45) is -6.05. The molecule has 18 nitrogen and oxygen atoms in total. The molecule has 6 atom stereocenters. The first kappa shape index (κ1) is 27.7. The van der Waals surface area contributed by atoms with E-state index >= 15 is 0 Å². The fraction of sp³-hybridized carbons (Fsp3) is 0.583. The number of ether oxygens (including phenoxy) is 1. The van der Waals surface area contributed by atoms with Crippen molar-refractivity contribution in [1.82, 2.24) is 9.55 Å². The van der Waals surface area contributed by atoms with Crippen LogP contribution < -0.4 is 11.2 Å². The predicted octanol–water partition coefficient (Wildman–Crippen LogP) is -2.04. The smallest absolute Gasteiger partial charge is 0.387 e. The van der Waals surface area contributed by atoms with Crippen LogP contribution in [0.15, 0.2) is 15.8 Å². The molecule has 0 spiro atoms. The summed E-state index contributed by atoms with van der Waals surface area (Å²) in [5.41, 5.74) is -1.85. The van der Waals surface area contributed by atoms with Crippen LogP contribution in [0.1, 0.15) is 18.2 Å². The summed E-state index contributed by atoms with van der Waals surface area (Å²) < 4.78 is 51.0. The summed E-state index contributed by atoms with van der Waals surface area (Å²) in [5, 5.41) is 28.9. The van der Waals surface area contributed by atoms with Crippen molar-refractivity contribution in [3.63, 3.8) is 0 Å². The maximum atomic E-state index is 12.1. The van der Waals surface area contributed by atoms with Gasteiger partial charge in [-0.15, -0.1) is 0 Å². The summed E-state index contributed by atoms with van der Waals surface area (Å²) in [7, 11) is -16.9. The van der Waals surface area contributed by atoms with Crippen LogP contribution in [-0.2, 0) is 38.0 Å². The minimum atomic E-state index is -5.77. The highest BCUT2D eigenvalue weighted by molar-refractivity contribution is 7.66. The van der Waals surface area contributed by atoms with Crippen LogP contribution in [0, 0.1) is 11.3 Å². The molecule has 2 rings (SSSR count). The van der Waals surface area contributed by atoms with Gasteiger partial charge in [-0.1, -0.05) is 0 Å². The average Bonchev–Trinajstić information content (AvgIpc) is 2.91. The maximum Gasteiger partial charge on any atom is 0.490 e. The Morgan fingerprint density at radius 1 is 1.09 bits per heavy atom. The van der Waals surface area contributed by atoms with Gasteiger partial charge in [0.05, 0.1) is 12.7 Å². The molecule has 0 bridgehead atoms. The van der Waals surface area contributed by atoms with E-state index in [9.17, 15) is 38.4 Å². The van der Waals surface area contributed by atoms with Gasteiger partial charge in [0.25, 0.3) is 5.56 Å². The van der Waals surface area contributed by atoms with Crippen LogP contribution in [0.4, 0.5) is 0 Å². The van der Waals surface area contributed by atoms with E-state index in [1.807, 2.05) is 4.98 Å². The van der Waals surface area contributed by atoms with Gasteiger partial charge in [-0.05, 0) is 6.42 Å². The van der Waals surface area contributed by atoms with E-state index in [2.05, 4.69) is 13.1 Å². The molecule has 1 aliphatic heterocycles. The van der Waals surface area contributed by atoms with Gasteiger partial charge in [-0.3, -0.25) is 18.9 Å². The van der Waals surface area contributed by atoms with Crippen LogP contribution in [0.2, 0.25) is 0 Å². The summed E-state index contributed by atoms with van der Waals surface area (Å²) in [4.78, 5) is 61.4. The Balaban J connectivity index is 2.14. The zero-order valence-electron chi connectivity index (χ0n) is 16.1. The number of phosphoric ester groups is 1. The molecule has 0 aliphatic carbocycles. The highest BCUT2D eigenvalue weighted by atomic mass is 31.3. The zero-order chi connectivity index (χ0) is 25.2. The van der Waals surface area contributed by atoms with E-state index in [-0.39, 0.29) is 18.4 Å². The molecule has 2 unspecified atom stereocenters. The van der Waals surface area contributed by atoms with E-state index in [1.54, 1.807) is 6.07 Å². The van der Waals surface area contributed by atoms with Gasteiger partial charge in [0.15, 0.2) is 6.23 Å². The van der Waals surface area contributed by atoms with Crippen molar-refractivity contribution in [1.29, 1.82) is 5.26 Å². The number of H-pyrrole nitrogens is 1. The van der Waals surface area contributed by atoms with E-state index < -0.39 is 65.9 Å². The number of aromatic nitrogens is 2. The molecule has 1 aromatic heterocycles. The SMILES string of the molecule is N#CCCc1cn([C@@H]2O[C@H](COP(=O)(O)OP(=O)(O)OP(=O)(O)O)[C@@H](O)[C@H]2O)c(=O)[nH]c1=O. The van der Waals surface area contributed by atoms with Gasteiger partial charge >= 0.3 is 29.2 Å². The Morgan fingerprint density at radius 2 is 1.73 bits per heavy atom. The summed E-state index contributed by atoms with van der Waals surface area (Å²) in [6, 6.07) is 1.80. The van der Waals surface area contributed by atoms with Gasteiger partial charge in [-0.2, -0.15) is 13.9 Å². The molecule has 0 saturated carbocycles. The van der Waals surface area contributed by atoms with Crippen LogP contribution in [0.5, 0.6) is 0 Å².